The number of nitrogens with one attached hydrogen (secondary N) is 1. The van der Waals surface area contributed by atoms with Crippen LogP contribution in [0.2, 0.25) is 5.02 Å². The lowest BCUT2D eigenvalue weighted by Crippen LogP contribution is -2.28. The van der Waals surface area contributed by atoms with Gasteiger partial charge in [0.15, 0.2) is 6.61 Å². The van der Waals surface area contributed by atoms with E-state index >= 15 is 0 Å². The van der Waals surface area contributed by atoms with E-state index in [4.69, 9.17) is 16.3 Å². The third-order valence-electron chi connectivity index (χ3n) is 4.61. The Labute approximate surface area is 201 Å². The van der Waals surface area contributed by atoms with Crippen molar-refractivity contribution in [1.82, 2.24) is 5.32 Å². The van der Waals surface area contributed by atoms with Crippen LogP contribution in [0.4, 0.5) is 0 Å². The third kappa shape index (κ3) is 7.66. The first-order chi connectivity index (χ1) is 15.9. The molecule has 6 nitrogen and oxygen atoms in total. The summed E-state index contributed by atoms with van der Waals surface area (Å²) >= 11 is 7.56. The van der Waals surface area contributed by atoms with Crippen molar-refractivity contribution in [2.24, 2.45) is 0 Å². The highest BCUT2D eigenvalue weighted by atomic mass is 35.5. The number of methoxy groups -OCH3 is 1. The molecule has 0 aromatic heterocycles. The molecule has 0 radical (unpaired) electrons. The lowest BCUT2D eigenvalue weighted by molar-refractivity contribution is -0.124. The SMILES string of the molecule is COC(=O)c1ccc(CNC(=O)COC(=O)c2ccc(CSc3ccc(Cl)cc3)cc2)cc1. The van der Waals surface area contributed by atoms with E-state index in [2.05, 4.69) is 10.1 Å². The quantitative estimate of drug-likeness (QED) is 0.344. The Kier molecular flexibility index (Phi) is 8.92. The molecule has 0 spiro atoms. The van der Waals surface area contributed by atoms with Gasteiger partial charge >= 0.3 is 11.9 Å². The van der Waals surface area contributed by atoms with Crippen molar-refractivity contribution in [3.63, 3.8) is 0 Å². The molecule has 0 aliphatic heterocycles. The van der Waals surface area contributed by atoms with Gasteiger partial charge in [-0.15, -0.1) is 11.8 Å². The van der Waals surface area contributed by atoms with Gasteiger partial charge in [0.25, 0.3) is 5.91 Å². The molecule has 0 aliphatic rings. The first-order valence-corrected chi connectivity index (χ1v) is 11.4. The van der Waals surface area contributed by atoms with Gasteiger partial charge in [-0.25, -0.2) is 9.59 Å². The molecule has 3 aromatic rings. The van der Waals surface area contributed by atoms with Crippen LogP contribution in [0.15, 0.2) is 77.7 Å². The average Bonchev–Trinajstić information content (AvgIpc) is 2.85. The van der Waals surface area contributed by atoms with E-state index in [1.165, 1.54) is 7.11 Å². The molecule has 1 N–H and O–H groups in total. The number of carbonyl (C=O) groups is 3. The van der Waals surface area contributed by atoms with E-state index in [0.717, 1.165) is 21.8 Å². The summed E-state index contributed by atoms with van der Waals surface area (Å²) in [5.41, 5.74) is 2.66. The highest BCUT2D eigenvalue weighted by Gasteiger charge is 2.11. The Hall–Kier alpha value is -3.29. The molecular formula is C25H22ClNO5S. The van der Waals surface area contributed by atoms with Crippen molar-refractivity contribution in [3.05, 3.63) is 100 Å². The Balaban J connectivity index is 1.40. The van der Waals surface area contributed by atoms with Crippen LogP contribution < -0.4 is 5.32 Å². The molecular weight excluding hydrogens is 462 g/mol. The van der Waals surface area contributed by atoms with Crippen LogP contribution in [-0.4, -0.2) is 31.6 Å². The zero-order valence-electron chi connectivity index (χ0n) is 17.9. The minimum absolute atomic E-state index is 0.248. The molecule has 0 saturated heterocycles. The maximum atomic E-state index is 12.2. The van der Waals surface area contributed by atoms with E-state index in [1.807, 2.05) is 36.4 Å². The molecule has 3 aromatic carbocycles. The topological polar surface area (TPSA) is 81.7 Å². The number of hydrogen-bond donors (Lipinski definition) is 1. The number of hydrogen-bond acceptors (Lipinski definition) is 6. The first-order valence-electron chi connectivity index (χ1n) is 10.0. The standard InChI is InChI=1S/C25H22ClNO5S/c1-31-24(29)19-6-2-17(3-7-19)14-27-23(28)15-32-25(30)20-8-4-18(5-9-20)16-33-22-12-10-21(26)11-13-22/h2-13H,14-16H2,1H3,(H,27,28). The summed E-state index contributed by atoms with van der Waals surface area (Å²) in [6.45, 7) is -0.134. The lowest BCUT2D eigenvalue weighted by Gasteiger charge is -2.08. The molecule has 0 saturated carbocycles. The molecule has 3 rings (SSSR count). The van der Waals surface area contributed by atoms with Crippen molar-refractivity contribution in [3.8, 4) is 0 Å². The van der Waals surface area contributed by atoms with E-state index in [0.29, 0.717) is 16.1 Å². The monoisotopic (exact) mass is 483 g/mol. The maximum Gasteiger partial charge on any atom is 0.338 e. The van der Waals surface area contributed by atoms with Crippen molar-refractivity contribution in [2.75, 3.05) is 13.7 Å². The second-order valence-corrected chi connectivity index (χ2v) is 8.47. The number of benzene rings is 3. The highest BCUT2D eigenvalue weighted by molar-refractivity contribution is 7.98. The molecule has 1 amide bonds. The number of thioether (sulfide) groups is 1. The van der Waals surface area contributed by atoms with E-state index < -0.39 is 17.8 Å². The Bertz CT molecular complexity index is 1100. The normalized spacial score (nSPS) is 10.4. The number of rotatable bonds is 9. The fourth-order valence-electron chi connectivity index (χ4n) is 2.78. The molecule has 0 fully saturated rings. The van der Waals surface area contributed by atoms with Gasteiger partial charge in [0, 0.05) is 22.2 Å². The van der Waals surface area contributed by atoms with Crippen LogP contribution in [-0.2, 0) is 26.6 Å². The molecule has 33 heavy (non-hydrogen) atoms. The predicted molar refractivity (Wildman–Crippen MR) is 127 cm³/mol. The summed E-state index contributed by atoms with van der Waals surface area (Å²) < 4.78 is 9.74. The van der Waals surface area contributed by atoms with Crippen LogP contribution in [0.1, 0.15) is 31.8 Å². The minimum atomic E-state index is -0.565. The second-order valence-electron chi connectivity index (χ2n) is 6.98. The smallest absolute Gasteiger partial charge is 0.338 e. The molecule has 0 atom stereocenters. The molecule has 0 bridgehead atoms. The maximum absolute atomic E-state index is 12.2. The molecule has 8 heteroatoms. The zero-order chi connectivity index (χ0) is 23.6. The van der Waals surface area contributed by atoms with Crippen LogP contribution in [0.25, 0.3) is 0 Å². The van der Waals surface area contributed by atoms with Crippen molar-refractivity contribution >= 4 is 41.2 Å². The summed E-state index contributed by atoms with van der Waals surface area (Å²) in [5, 5.41) is 3.37. The van der Waals surface area contributed by atoms with Crippen molar-refractivity contribution in [2.45, 2.75) is 17.2 Å². The van der Waals surface area contributed by atoms with Gasteiger partial charge in [-0.3, -0.25) is 4.79 Å². The molecule has 0 aliphatic carbocycles. The Morgan fingerprint density at radius 1 is 0.818 bits per heavy atom. The summed E-state index contributed by atoms with van der Waals surface area (Å²) in [4.78, 5) is 36.7. The van der Waals surface area contributed by atoms with E-state index in [-0.39, 0.29) is 13.2 Å². The van der Waals surface area contributed by atoms with Gasteiger partial charge in [0.2, 0.25) is 0 Å². The number of ether oxygens (including phenoxy) is 2. The van der Waals surface area contributed by atoms with Crippen molar-refractivity contribution in [1.29, 1.82) is 0 Å². The highest BCUT2D eigenvalue weighted by Crippen LogP contribution is 2.24. The number of amides is 1. The predicted octanol–water partition coefficient (Wildman–Crippen LogP) is 4.89. The van der Waals surface area contributed by atoms with Crippen molar-refractivity contribution < 1.29 is 23.9 Å². The second kappa shape index (κ2) is 12.1. The summed E-state index contributed by atoms with van der Waals surface area (Å²) in [6, 6.07) is 21.4. The van der Waals surface area contributed by atoms with Gasteiger partial charge in [-0.05, 0) is 59.7 Å². The van der Waals surface area contributed by atoms with Gasteiger partial charge in [0.1, 0.15) is 0 Å². The number of carbonyl (C=O) groups excluding carboxylic acids is 3. The van der Waals surface area contributed by atoms with Gasteiger partial charge < -0.3 is 14.8 Å². The summed E-state index contributed by atoms with van der Waals surface area (Å²) in [6.07, 6.45) is 0. The van der Waals surface area contributed by atoms with Gasteiger partial charge in [-0.2, -0.15) is 0 Å². The minimum Gasteiger partial charge on any atom is -0.465 e. The van der Waals surface area contributed by atoms with Gasteiger partial charge in [-0.1, -0.05) is 35.9 Å². The van der Waals surface area contributed by atoms with E-state index in [9.17, 15) is 14.4 Å². The Morgan fingerprint density at radius 2 is 1.39 bits per heavy atom. The average molecular weight is 484 g/mol. The molecule has 170 valence electrons. The fourth-order valence-corrected chi connectivity index (χ4v) is 3.76. The third-order valence-corrected chi connectivity index (χ3v) is 5.94. The number of halogens is 1. The lowest BCUT2D eigenvalue weighted by atomic mass is 10.1. The first kappa shape index (κ1) is 24.4. The molecule has 0 unspecified atom stereocenters. The number of esters is 2. The van der Waals surface area contributed by atoms with Crippen LogP contribution in [0.5, 0.6) is 0 Å². The van der Waals surface area contributed by atoms with E-state index in [1.54, 1.807) is 48.2 Å². The zero-order valence-corrected chi connectivity index (χ0v) is 19.4. The van der Waals surface area contributed by atoms with Crippen LogP contribution >= 0.6 is 23.4 Å². The Morgan fingerprint density at radius 3 is 2.00 bits per heavy atom. The van der Waals surface area contributed by atoms with Crippen LogP contribution in [0.3, 0.4) is 0 Å². The largest absolute Gasteiger partial charge is 0.465 e. The molecule has 0 heterocycles. The summed E-state index contributed by atoms with van der Waals surface area (Å²) in [5.74, 6) is -0.660. The van der Waals surface area contributed by atoms with Crippen LogP contribution in [0, 0.1) is 0 Å². The summed E-state index contributed by atoms with van der Waals surface area (Å²) in [7, 11) is 1.31. The van der Waals surface area contributed by atoms with Gasteiger partial charge in [0.05, 0.1) is 18.2 Å². The fraction of sp³-hybridized carbons (Fsp3) is 0.160.